The second-order valence-corrected chi connectivity index (χ2v) is 13.4. The third kappa shape index (κ3) is 11.3. The molecule has 0 spiro atoms. The first-order valence-corrected chi connectivity index (χ1v) is 17.1. The first-order chi connectivity index (χ1) is 21.6. The van der Waals surface area contributed by atoms with Crippen LogP contribution in [0.25, 0.3) is 11.1 Å². The Morgan fingerprint density at radius 1 is 0.826 bits per heavy atom. The van der Waals surface area contributed by atoms with Crippen molar-refractivity contribution in [1.82, 2.24) is 10.2 Å². The van der Waals surface area contributed by atoms with Gasteiger partial charge in [-0.05, 0) is 29.0 Å². The van der Waals surface area contributed by atoms with E-state index >= 15 is 0 Å². The summed E-state index contributed by atoms with van der Waals surface area (Å²) < 4.78 is 24.9. The van der Waals surface area contributed by atoms with Crippen LogP contribution >= 0.6 is 7.60 Å². The molecular formula is C33H47N2O10P. The maximum absolute atomic E-state index is 14.0. The van der Waals surface area contributed by atoms with Gasteiger partial charge in [0.15, 0.2) is 12.0 Å². The number of carbonyl (C=O) groups is 4. The molecule has 0 bridgehead atoms. The van der Waals surface area contributed by atoms with Gasteiger partial charge in [0.25, 0.3) is 0 Å². The molecule has 13 heteroatoms. The standard InChI is InChI=1S/C33H47N2O10P/c1-7-28(38)44-30(21(3)4)33(46(41,42)43)35(32(22(5)6)45-29(39)8-2)26(31(40)34-19-18-27(36)37)20-23-14-16-25(17-15-23)24-12-10-9-11-13-24/h9-17,21-22,26,30,32-33H,7-8,18-20H2,1-6H3,(H,34,40)(H,36,37)(H2,41,42,43). The minimum Gasteiger partial charge on any atom is -0.481 e. The summed E-state index contributed by atoms with van der Waals surface area (Å²) >= 11 is 0. The molecule has 46 heavy (non-hydrogen) atoms. The van der Waals surface area contributed by atoms with Crippen molar-refractivity contribution >= 4 is 31.4 Å². The topological polar surface area (TPSA) is 180 Å². The van der Waals surface area contributed by atoms with Crippen molar-refractivity contribution in [3.8, 4) is 11.1 Å². The van der Waals surface area contributed by atoms with Crippen molar-refractivity contribution < 1.29 is 48.1 Å². The van der Waals surface area contributed by atoms with Crippen molar-refractivity contribution in [2.45, 2.75) is 91.4 Å². The molecule has 0 fully saturated rings. The molecule has 0 heterocycles. The van der Waals surface area contributed by atoms with E-state index in [1.165, 1.54) is 0 Å². The van der Waals surface area contributed by atoms with E-state index in [1.807, 2.05) is 42.5 Å². The summed E-state index contributed by atoms with van der Waals surface area (Å²) in [6.07, 6.45) is -3.37. The highest BCUT2D eigenvalue weighted by atomic mass is 31.2. The van der Waals surface area contributed by atoms with Gasteiger partial charge in [-0.15, -0.1) is 0 Å². The summed E-state index contributed by atoms with van der Waals surface area (Å²) in [7, 11) is -5.26. The van der Waals surface area contributed by atoms with Crippen LogP contribution in [0.15, 0.2) is 54.6 Å². The molecule has 4 atom stereocenters. The zero-order chi connectivity index (χ0) is 34.6. The molecule has 0 radical (unpaired) electrons. The monoisotopic (exact) mass is 662 g/mol. The lowest BCUT2D eigenvalue weighted by Crippen LogP contribution is -2.62. The van der Waals surface area contributed by atoms with Gasteiger partial charge in [-0.25, -0.2) is 4.90 Å². The Morgan fingerprint density at radius 3 is 1.85 bits per heavy atom. The van der Waals surface area contributed by atoms with Crippen molar-refractivity contribution in [1.29, 1.82) is 0 Å². The van der Waals surface area contributed by atoms with Crippen LogP contribution in [0.1, 0.15) is 66.4 Å². The van der Waals surface area contributed by atoms with Gasteiger partial charge in [0, 0.05) is 25.3 Å². The van der Waals surface area contributed by atoms with Crippen molar-refractivity contribution in [3.05, 3.63) is 60.2 Å². The summed E-state index contributed by atoms with van der Waals surface area (Å²) in [6.45, 7) is 9.45. The van der Waals surface area contributed by atoms with E-state index in [0.29, 0.717) is 5.56 Å². The first-order valence-electron chi connectivity index (χ1n) is 15.5. The predicted octanol–water partition coefficient (Wildman–Crippen LogP) is 4.57. The summed E-state index contributed by atoms with van der Waals surface area (Å²) in [6, 6.07) is 15.5. The van der Waals surface area contributed by atoms with E-state index in [4.69, 9.17) is 9.47 Å². The fourth-order valence-corrected chi connectivity index (χ4v) is 6.44. The number of benzene rings is 2. The summed E-state index contributed by atoms with van der Waals surface area (Å²) in [4.78, 5) is 73.5. The Morgan fingerprint density at radius 2 is 1.37 bits per heavy atom. The third-order valence-corrected chi connectivity index (χ3v) is 8.60. The second-order valence-electron chi connectivity index (χ2n) is 11.7. The summed E-state index contributed by atoms with van der Waals surface area (Å²) in [5.74, 6) is -6.39. The molecule has 12 nitrogen and oxygen atoms in total. The minimum absolute atomic E-state index is 0.0491. The Bertz CT molecular complexity index is 1340. The van der Waals surface area contributed by atoms with Gasteiger partial charge in [-0.2, -0.15) is 0 Å². The first kappa shape index (κ1) is 38.6. The SMILES string of the molecule is CCC(=O)OC(C(C)C)C(N(C(Cc1ccc(-c2ccccc2)cc1)C(=O)NCCC(=O)O)C(OC(=O)CC)C(C)C)P(=O)(O)O. The van der Waals surface area contributed by atoms with Crippen LogP contribution in [0.5, 0.6) is 0 Å². The molecule has 0 saturated heterocycles. The van der Waals surface area contributed by atoms with Gasteiger partial charge in [0.2, 0.25) is 5.91 Å². The van der Waals surface area contributed by atoms with Crippen molar-refractivity contribution in [3.63, 3.8) is 0 Å². The van der Waals surface area contributed by atoms with Gasteiger partial charge < -0.3 is 29.7 Å². The molecule has 0 aliphatic heterocycles. The van der Waals surface area contributed by atoms with Gasteiger partial charge in [0.1, 0.15) is 6.10 Å². The smallest absolute Gasteiger partial charge is 0.346 e. The fourth-order valence-electron chi connectivity index (χ4n) is 5.01. The summed E-state index contributed by atoms with van der Waals surface area (Å²) in [5, 5.41) is 11.8. The van der Waals surface area contributed by atoms with Gasteiger partial charge in [-0.1, -0.05) is 96.1 Å². The number of rotatable bonds is 18. The molecule has 1 amide bonds. The number of nitrogens with zero attached hydrogens (tertiary/aromatic N) is 1. The van der Waals surface area contributed by atoms with Gasteiger partial charge in [0.05, 0.1) is 12.5 Å². The molecule has 2 aromatic carbocycles. The van der Waals surface area contributed by atoms with E-state index in [1.54, 1.807) is 53.7 Å². The van der Waals surface area contributed by atoms with Gasteiger partial charge >= 0.3 is 25.5 Å². The highest BCUT2D eigenvalue weighted by Crippen LogP contribution is 2.49. The van der Waals surface area contributed by atoms with Crippen molar-refractivity contribution in [2.24, 2.45) is 11.8 Å². The number of carboxylic acids is 1. The average molecular weight is 663 g/mol. The Labute approximate surface area is 270 Å². The predicted molar refractivity (Wildman–Crippen MR) is 172 cm³/mol. The lowest BCUT2D eigenvalue weighted by Gasteiger charge is -2.46. The third-order valence-electron chi connectivity index (χ3n) is 7.35. The van der Waals surface area contributed by atoms with Gasteiger partial charge in [-0.3, -0.25) is 23.7 Å². The number of nitrogens with one attached hydrogen (secondary N) is 1. The molecule has 254 valence electrons. The number of esters is 2. The molecular weight excluding hydrogens is 615 g/mol. The molecule has 0 aliphatic carbocycles. The maximum Gasteiger partial charge on any atom is 0.346 e. The Balaban J connectivity index is 2.81. The summed E-state index contributed by atoms with van der Waals surface area (Å²) in [5.41, 5.74) is 2.48. The Kier molecular flexibility index (Phi) is 15.1. The maximum atomic E-state index is 14.0. The lowest BCUT2D eigenvalue weighted by molar-refractivity contribution is -0.180. The normalized spacial score (nSPS) is 14.4. The van der Waals surface area contributed by atoms with E-state index in [0.717, 1.165) is 16.0 Å². The van der Waals surface area contributed by atoms with Crippen LogP contribution in [0.3, 0.4) is 0 Å². The average Bonchev–Trinajstić information content (AvgIpc) is 3.00. The van der Waals surface area contributed by atoms with Crippen LogP contribution in [0, 0.1) is 11.8 Å². The van der Waals surface area contributed by atoms with E-state index in [2.05, 4.69) is 5.32 Å². The van der Waals surface area contributed by atoms with E-state index in [9.17, 15) is 38.6 Å². The number of amides is 1. The quantitative estimate of drug-likeness (QED) is 0.0998. The highest BCUT2D eigenvalue weighted by molar-refractivity contribution is 7.52. The zero-order valence-corrected chi connectivity index (χ0v) is 28.2. The Hall–Kier alpha value is -3.57. The molecule has 4 unspecified atom stereocenters. The highest BCUT2D eigenvalue weighted by Gasteiger charge is 2.52. The molecule has 4 N–H and O–H groups in total. The molecule has 0 saturated carbocycles. The van der Waals surface area contributed by atoms with E-state index < -0.39 is 73.8 Å². The van der Waals surface area contributed by atoms with Crippen LogP contribution in [0.2, 0.25) is 0 Å². The fraction of sp³-hybridized carbons (Fsp3) is 0.515. The number of hydrogen-bond acceptors (Lipinski definition) is 8. The molecule has 0 aromatic heterocycles. The number of carbonyl (C=O) groups excluding carboxylic acids is 3. The second kappa shape index (κ2) is 17.9. The molecule has 2 aromatic rings. The minimum atomic E-state index is -5.26. The molecule has 2 rings (SSSR count). The number of ether oxygens (including phenoxy) is 2. The van der Waals surface area contributed by atoms with Crippen molar-refractivity contribution in [2.75, 3.05) is 6.54 Å². The zero-order valence-electron chi connectivity index (χ0n) is 27.3. The number of hydrogen-bond donors (Lipinski definition) is 4. The molecule has 0 aliphatic rings. The van der Waals surface area contributed by atoms with Crippen LogP contribution in [-0.4, -0.2) is 74.3 Å². The lowest BCUT2D eigenvalue weighted by atomic mass is 9.97. The number of aliphatic carboxylic acids is 1. The van der Waals surface area contributed by atoms with Crippen LogP contribution < -0.4 is 5.32 Å². The van der Waals surface area contributed by atoms with Crippen LogP contribution in [0.4, 0.5) is 0 Å². The van der Waals surface area contributed by atoms with E-state index in [-0.39, 0.29) is 25.8 Å². The largest absolute Gasteiger partial charge is 0.481 e. The van der Waals surface area contributed by atoms with Crippen LogP contribution in [-0.2, 0) is 39.6 Å². The number of carboxylic acid groups (broad SMARTS) is 1.